The van der Waals surface area contributed by atoms with Gasteiger partial charge in [0.15, 0.2) is 0 Å². The van der Waals surface area contributed by atoms with Crippen LogP contribution in [0, 0.1) is 0 Å². The van der Waals surface area contributed by atoms with Gasteiger partial charge in [0.25, 0.3) is 0 Å². The average Bonchev–Trinajstić information content (AvgIpc) is 2.32. The third-order valence-corrected chi connectivity index (χ3v) is 1.88. The second kappa shape index (κ2) is 7.27. The standard InChI is InChI=1S/C12H10.CH5ClSi/c1-3-7-11(8-4-1)12-9-5-2-6-10-12;1-3-2/h1-10H;3H2,1H3. The van der Waals surface area contributed by atoms with Crippen LogP contribution in [0.5, 0.6) is 0 Å². The van der Waals surface area contributed by atoms with E-state index in [4.69, 9.17) is 11.1 Å². The minimum absolute atomic E-state index is 0.111. The van der Waals surface area contributed by atoms with Crippen molar-refractivity contribution in [2.75, 3.05) is 0 Å². The molecular weight excluding hydrogens is 220 g/mol. The van der Waals surface area contributed by atoms with Gasteiger partial charge in [0.1, 0.15) is 8.83 Å². The topological polar surface area (TPSA) is 0 Å². The van der Waals surface area contributed by atoms with E-state index in [0.717, 1.165) is 0 Å². The average molecular weight is 235 g/mol. The van der Waals surface area contributed by atoms with Gasteiger partial charge in [0.05, 0.1) is 0 Å². The van der Waals surface area contributed by atoms with Crippen LogP contribution in [0.1, 0.15) is 0 Å². The molecule has 2 heteroatoms. The summed E-state index contributed by atoms with van der Waals surface area (Å²) in [6.45, 7) is 2.03. The zero-order chi connectivity index (χ0) is 10.9. The smallest absolute Gasteiger partial charge is 0.122 e. The summed E-state index contributed by atoms with van der Waals surface area (Å²) in [4.78, 5) is 0. The summed E-state index contributed by atoms with van der Waals surface area (Å²) < 4.78 is 0. The molecule has 0 amide bonds. The van der Waals surface area contributed by atoms with E-state index in [1.807, 2.05) is 18.7 Å². The van der Waals surface area contributed by atoms with E-state index < -0.39 is 0 Å². The summed E-state index contributed by atoms with van der Waals surface area (Å²) in [6, 6.07) is 20.8. The van der Waals surface area contributed by atoms with Gasteiger partial charge in [-0.2, -0.15) is 11.1 Å². The Morgan fingerprint density at radius 3 is 1.27 bits per heavy atom. The van der Waals surface area contributed by atoms with Crippen molar-refractivity contribution < 1.29 is 0 Å². The minimum Gasteiger partial charge on any atom is -0.176 e. The molecule has 2 aromatic carbocycles. The van der Waals surface area contributed by atoms with Gasteiger partial charge < -0.3 is 0 Å². The SMILES string of the molecule is C[SiH2]Cl.c1ccc(-c2ccccc2)cc1. The van der Waals surface area contributed by atoms with Gasteiger partial charge in [-0.25, -0.2) is 0 Å². The molecule has 0 fully saturated rings. The molecule has 0 atom stereocenters. The van der Waals surface area contributed by atoms with Crippen molar-refractivity contribution in [2.24, 2.45) is 0 Å². The van der Waals surface area contributed by atoms with E-state index in [9.17, 15) is 0 Å². The molecule has 0 unspecified atom stereocenters. The Balaban J connectivity index is 0.000000337. The van der Waals surface area contributed by atoms with E-state index in [1.54, 1.807) is 0 Å². The van der Waals surface area contributed by atoms with Gasteiger partial charge in [-0.05, 0) is 11.1 Å². The monoisotopic (exact) mass is 234 g/mol. The molecule has 2 rings (SSSR count). The maximum Gasteiger partial charge on any atom is 0.122 e. The zero-order valence-corrected chi connectivity index (χ0v) is 11.0. The summed E-state index contributed by atoms with van der Waals surface area (Å²) in [6.07, 6.45) is 0. The molecular formula is C13H15ClSi. The first-order valence-corrected chi connectivity index (χ1v) is 8.60. The molecule has 0 aromatic heterocycles. The normalized spacial score (nSPS) is 9.73. The molecule has 0 spiro atoms. The highest BCUT2D eigenvalue weighted by Crippen LogP contribution is 2.17. The van der Waals surface area contributed by atoms with E-state index in [1.165, 1.54) is 11.1 Å². The maximum absolute atomic E-state index is 5.14. The lowest BCUT2D eigenvalue weighted by atomic mass is 10.1. The van der Waals surface area contributed by atoms with Crippen molar-refractivity contribution in [1.29, 1.82) is 0 Å². The Kier molecular flexibility index (Phi) is 5.82. The first kappa shape index (κ1) is 12.0. The van der Waals surface area contributed by atoms with Crippen molar-refractivity contribution in [3.05, 3.63) is 60.7 Å². The lowest BCUT2D eigenvalue weighted by Gasteiger charge is -1.98. The van der Waals surface area contributed by atoms with Crippen molar-refractivity contribution in [2.45, 2.75) is 6.55 Å². The Hall–Kier alpha value is -1.05. The molecule has 0 saturated carbocycles. The Morgan fingerprint density at radius 1 is 0.733 bits per heavy atom. The fourth-order valence-corrected chi connectivity index (χ4v) is 1.26. The van der Waals surface area contributed by atoms with E-state index in [0.29, 0.717) is 0 Å². The lowest BCUT2D eigenvalue weighted by molar-refractivity contribution is 1.62. The Bertz CT molecular complexity index is 321. The molecule has 0 aliphatic rings. The van der Waals surface area contributed by atoms with Gasteiger partial charge in [-0.3, -0.25) is 0 Å². The van der Waals surface area contributed by atoms with Crippen LogP contribution in [0.3, 0.4) is 0 Å². The highest BCUT2D eigenvalue weighted by atomic mass is 35.6. The fourth-order valence-electron chi connectivity index (χ4n) is 1.26. The van der Waals surface area contributed by atoms with E-state index in [2.05, 4.69) is 48.5 Å². The van der Waals surface area contributed by atoms with Crippen LogP contribution >= 0.6 is 11.1 Å². The molecule has 2 aromatic rings. The van der Waals surface area contributed by atoms with Crippen LogP contribution in [-0.2, 0) is 0 Å². The largest absolute Gasteiger partial charge is 0.176 e. The number of rotatable bonds is 1. The Morgan fingerprint density at radius 2 is 1.00 bits per heavy atom. The quantitative estimate of drug-likeness (QED) is 0.521. The van der Waals surface area contributed by atoms with Gasteiger partial charge in [-0.1, -0.05) is 67.2 Å². The van der Waals surface area contributed by atoms with E-state index >= 15 is 0 Å². The molecule has 0 aliphatic heterocycles. The van der Waals surface area contributed by atoms with Gasteiger partial charge in [0, 0.05) is 0 Å². The summed E-state index contributed by atoms with van der Waals surface area (Å²) in [7, 11) is -0.111. The van der Waals surface area contributed by atoms with E-state index in [-0.39, 0.29) is 8.83 Å². The molecule has 0 nitrogen and oxygen atoms in total. The van der Waals surface area contributed by atoms with Crippen LogP contribution in [-0.4, -0.2) is 8.83 Å². The van der Waals surface area contributed by atoms with Crippen LogP contribution in [0.25, 0.3) is 11.1 Å². The lowest BCUT2D eigenvalue weighted by Crippen LogP contribution is -1.73. The summed E-state index contributed by atoms with van der Waals surface area (Å²) >= 11 is 5.14. The first-order chi connectivity index (χ1) is 7.38. The van der Waals surface area contributed by atoms with Crippen molar-refractivity contribution in [1.82, 2.24) is 0 Å². The predicted molar refractivity (Wildman–Crippen MR) is 72.1 cm³/mol. The van der Waals surface area contributed by atoms with Crippen LogP contribution in [0.4, 0.5) is 0 Å². The number of halogens is 1. The summed E-state index contributed by atoms with van der Waals surface area (Å²) in [5.74, 6) is 0. The van der Waals surface area contributed by atoms with Crippen molar-refractivity contribution in [3.8, 4) is 11.1 Å². The fraction of sp³-hybridized carbons (Fsp3) is 0.0769. The molecule has 0 bridgehead atoms. The molecule has 78 valence electrons. The number of benzene rings is 2. The molecule has 0 heterocycles. The molecule has 0 N–H and O–H groups in total. The third kappa shape index (κ3) is 4.32. The second-order valence-electron chi connectivity index (χ2n) is 3.00. The number of hydrogen-bond acceptors (Lipinski definition) is 0. The summed E-state index contributed by atoms with van der Waals surface area (Å²) in [5, 5.41) is 0. The Labute approximate surface area is 98.4 Å². The third-order valence-electron chi connectivity index (χ3n) is 1.88. The molecule has 15 heavy (non-hydrogen) atoms. The highest BCUT2D eigenvalue weighted by molar-refractivity contribution is 6.92. The van der Waals surface area contributed by atoms with Gasteiger partial charge in [-0.15, -0.1) is 0 Å². The zero-order valence-electron chi connectivity index (χ0n) is 8.86. The predicted octanol–water partition coefficient (Wildman–Crippen LogP) is 3.71. The first-order valence-electron chi connectivity index (χ1n) is 5.05. The van der Waals surface area contributed by atoms with Crippen molar-refractivity contribution >= 4 is 19.9 Å². The second-order valence-corrected chi connectivity index (χ2v) is 5.14. The van der Waals surface area contributed by atoms with Crippen LogP contribution < -0.4 is 0 Å². The number of hydrogen-bond donors (Lipinski definition) is 0. The molecule has 0 saturated heterocycles. The molecule has 0 radical (unpaired) electrons. The van der Waals surface area contributed by atoms with Gasteiger partial charge in [0.2, 0.25) is 0 Å². The van der Waals surface area contributed by atoms with Gasteiger partial charge >= 0.3 is 0 Å². The summed E-state index contributed by atoms with van der Waals surface area (Å²) in [5.41, 5.74) is 2.55. The van der Waals surface area contributed by atoms with Crippen LogP contribution in [0.15, 0.2) is 60.7 Å². The highest BCUT2D eigenvalue weighted by Gasteiger charge is 1.91. The molecule has 0 aliphatic carbocycles. The maximum atomic E-state index is 5.14. The van der Waals surface area contributed by atoms with Crippen LogP contribution in [0.2, 0.25) is 6.55 Å². The van der Waals surface area contributed by atoms with Crippen molar-refractivity contribution in [3.63, 3.8) is 0 Å². The minimum atomic E-state index is -0.111.